The summed E-state index contributed by atoms with van der Waals surface area (Å²) in [6.07, 6.45) is 3.04. The molecule has 1 aromatic carbocycles. The Morgan fingerprint density at radius 3 is 2.71 bits per heavy atom. The zero-order valence-electron chi connectivity index (χ0n) is 13.2. The zero-order chi connectivity index (χ0) is 15.6. The summed E-state index contributed by atoms with van der Waals surface area (Å²) in [6.45, 7) is 9.16. The molecule has 1 N–H and O–H groups in total. The highest BCUT2D eigenvalue weighted by Crippen LogP contribution is 2.59. The minimum Gasteiger partial charge on any atom is -0.355 e. The second kappa shape index (κ2) is 6.23. The van der Waals surface area contributed by atoms with E-state index in [0.717, 1.165) is 17.0 Å². The van der Waals surface area contributed by atoms with Crippen molar-refractivity contribution >= 4 is 17.5 Å². The monoisotopic (exact) mass is 305 g/mol. The number of allylic oxidation sites excluding steroid dienone is 2. The summed E-state index contributed by atoms with van der Waals surface area (Å²) in [7, 11) is 0. The molecule has 1 saturated carbocycles. The minimum atomic E-state index is 0.0808. The molecule has 0 aromatic heterocycles. The van der Waals surface area contributed by atoms with Crippen LogP contribution in [0.2, 0.25) is 5.02 Å². The van der Waals surface area contributed by atoms with Crippen LogP contribution in [0, 0.1) is 17.3 Å². The normalized spacial score (nSPS) is 22.5. The first-order chi connectivity index (χ1) is 9.82. The highest BCUT2D eigenvalue weighted by atomic mass is 35.5. The highest BCUT2D eigenvalue weighted by Gasteiger charge is 2.60. The Morgan fingerprint density at radius 1 is 1.38 bits per heavy atom. The van der Waals surface area contributed by atoms with Gasteiger partial charge in [0.1, 0.15) is 0 Å². The van der Waals surface area contributed by atoms with Crippen LogP contribution in [0.1, 0.15) is 33.3 Å². The van der Waals surface area contributed by atoms with Crippen LogP contribution in [0.15, 0.2) is 35.9 Å². The van der Waals surface area contributed by atoms with Gasteiger partial charge in [0.2, 0.25) is 5.91 Å². The van der Waals surface area contributed by atoms with E-state index in [1.54, 1.807) is 0 Å². The molecule has 21 heavy (non-hydrogen) atoms. The van der Waals surface area contributed by atoms with Crippen molar-refractivity contribution in [3.8, 4) is 0 Å². The lowest BCUT2D eigenvalue weighted by Gasteiger charge is -2.06. The third-order valence-corrected chi connectivity index (χ3v) is 4.54. The van der Waals surface area contributed by atoms with Gasteiger partial charge in [0.15, 0.2) is 0 Å². The highest BCUT2D eigenvalue weighted by molar-refractivity contribution is 6.30. The van der Waals surface area contributed by atoms with E-state index in [4.69, 9.17) is 11.6 Å². The summed E-state index contributed by atoms with van der Waals surface area (Å²) in [5.41, 5.74) is 2.51. The molecule has 2 nitrogen and oxygen atoms in total. The first-order valence-corrected chi connectivity index (χ1v) is 7.87. The first kappa shape index (κ1) is 16.1. The fourth-order valence-electron chi connectivity index (χ4n) is 2.98. The van der Waals surface area contributed by atoms with Gasteiger partial charge in [0.05, 0.1) is 5.92 Å². The molecule has 0 spiro atoms. The van der Waals surface area contributed by atoms with E-state index >= 15 is 0 Å². The van der Waals surface area contributed by atoms with Crippen LogP contribution < -0.4 is 5.32 Å². The van der Waals surface area contributed by atoms with Gasteiger partial charge in [0.25, 0.3) is 0 Å². The van der Waals surface area contributed by atoms with Crippen molar-refractivity contribution in [3.05, 3.63) is 46.5 Å². The Balaban J connectivity index is 1.85. The van der Waals surface area contributed by atoms with E-state index in [2.05, 4.69) is 39.1 Å². The van der Waals surface area contributed by atoms with E-state index in [9.17, 15) is 4.79 Å². The lowest BCUT2D eigenvalue weighted by atomic mass is 10.1. The second-order valence-electron chi connectivity index (χ2n) is 6.74. The summed E-state index contributed by atoms with van der Waals surface area (Å²) in [4.78, 5) is 12.3. The lowest BCUT2D eigenvalue weighted by Crippen LogP contribution is -2.28. The van der Waals surface area contributed by atoms with Gasteiger partial charge in [0, 0.05) is 11.6 Å². The zero-order valence-corrected chi connectivity index (χ0v) is 14.0. The van der Waals surface area contributed by atoms with Crippen LogP contribution in [0.4, 0.5) is 0 Å². The van der Waals surface area contributed by atoms with Crippen molar-refractivity contribution < 1.29 is 4.79 Å². The van der Waals surface area contributed by atoms with Gasteiger partial charge in [-0.15, -0.1) is 0 Å². The quantitative estimate of drug-likeness (QED) is 0.810. The SMILES string of the molecule is CC(C)=CC1C(C(=O)NCCc2cccc(Cl)c2)C1(C)C. The van der Waals surface area contributed by atoms with Gasteiger partial charge in [-0.1, -0.05) is 49.2 Å². The van der Waals surface area contributed by atoms with Crippen LogP contribution in [0.3, 0.4) is 0 Å². The van der Waals surface area contributed by atoms with E-state index < -0.39 is 0 Å². The molecule has 0 radical (unpaired) electrons. The Morgan fingerprint density at radius 2 is 2.10 bits per heavy atom. The number of carbonyl (C=O) groups excluding carboxylic acids is 1. The number of hydrogen-bond donors (Lipinski definition) is 1. The summed E-state index contributed by atoms with van der Waals surface area (Å²) in [5.74, 6) is 0.643. The maximum absolute atomic E-state index is 12.3. The second-order valence-corrected chi connectivity index (χ2v) is 7.18. The molecular formula is C18H24ClNO. The van der Waals surface area contributed by atoms with Gasteiger partial charge in [-0.05, 0) is 49.3 Å². The molecule has 0 saturated heterocycles. The molecule has 0 bridgehead atoms. The number of nitrogens with one attached hydrogen (secondary N) is 1. The third kappa shape index (κ3) is 3.88. The van der Waals surface area contributed by atoms with Crippen LogP contribution in [-0.2, 0) is 11.2 Å². The summed E-state index contributed by atoms with van der Waals surface area (Å²) in [5, 5.41) is 3.80. The van der Waals surface area contributed by atoms with Gasteiger partial charge in [-0.25, -0.2) is 0 Å². The number of amides is 1. The average Bonchev–Trinajstić information content (AvgIpc) is 2.89. The topological polar surface area (TPSA) is 29.1 Å². The first-order valence-electron chi connectivity index (χ1n) is 7.49. The van der Waals surface area contributed by atoms with Gasteiger partial charge < -0.3 is 5.32 Å². The maximum atomic E-state index is 12.3. The molecule has 1 aliphatic rings. The summed E-state index contributed by atoms with van der Waals surface area (Å²) in [6, 6.07) is 7.78. The van der Waals surface area contributed by atoms with Crippen LogP contribution in [0.25, 0.3) is 0 Å². The molecule has 114 valence electrons. The molecule has 1 aromatic rings. The predicted octanol–water partition coefficient (Wildman–Crippen LogP) is 4.24. The van der Waals surface area contributed by atoms with E-state index in [0.29, 0.717) is 12.5 Å². The largest absolute Gasteiger partial charge is 0.355 e. The minimum absolute atomic E-state index is 0.0808. The number of carbonyl (C=O) groups is 1. The lowest BCUT2D eigenvalue weighted by molar-refractivity contribution is -0.123. The molecule has 2 unspecified atom stereocenters. The molecular weight excluding hydrogens is 282 g/mol. The van der Waals surface area contributed by atoms with Gasteiger partial charge in [-0.2, -0.15) is 0 Å². The van der Waals surface area contributed by atoms with E-state index in [1.807, 2.05) is 24.3 Å². The fraction of sp³-hybridized carbons (Fsp3) is 0.500. The Kier molecular flexibility index (Phi) is 4.77. The van der Waals surface area contributed by atoms with Crippen molar-refractivity contribution in [3.63, 3.8) is 0 Å². The molecule has 3 heteroatoms. The molecule has 0 heterocycles. The summed E-state index contributed by atoms with van der Waals surface area (Å²) >= 11 is 5.96. The Labute approximate surface area is 132 Å². The maximum Gasteiger partial charge on any atom is 0.224 e. The number of hydrogen-bond acceptors (Lipinski definition) is 1. The average molecular weight is 306 g/mol. The van der Waals surface area contributed by atoms with Crippen molar-refractivity contribution in [1.82, 2.24) is 5.32 Å². The van der Waals surface area contributed by atoms with Crippen molar-refractivity contribution in [2.75, 3.05) is 6.54 Å². The standard InChI is InChI=1S/C18H24ClNO/c1-12(2)10-15-16(18(15,3)4)17(21)20-9-8-13-6-5-7-14(19)11-13/h5-7,10-11,15-16H,8-9H2,1-4H3,(H,20,21). The summed E-state index contributed by atoms with van der Waals surface area (Å²) < 4.78 is 0. The Hall–Kier alpha value is -1.28. The van der Waals surface area contributed by atoms with Gasteiger partial charge in [-0.3, -0.25) is 4.79 Å². The fourth-order valence-corrected chi connectivity index (χ4v) is 3.19. The van der Waals surface area contributed by atoms with Crippen molar-refractivity contribution in [1.29, 1.82) is 0 Å². The van der Waals surface area contributed by atoms with Gasteiger partial charge >= 0.3 is 0 Å². The number of benzene rings is 1. The molecule has 1 aliphatic carbocycles. The van der Waals surface area contributed by atoms with E-state index in [-0.39, 0.29) is 17.2 Å². The van der Waals surface area contributed by atoms with Crippen LogP contribution >= 0.6 is 11.6 Å². The molecule has 1 fully saturated rings. The van der Waals surface area contributed by atoms with Crippen LogP contribution in [0.5, 0.6) is 0 Å². The van der Waals surface area contributed by atoms with Crippen molar-refractivity contribution in [2.24, 2.45) is 17.3 Å². The molecule has 1 amide bonds. The number of halogens is 1. The van der Waals surface area contributed by atoms with Crippen molar-refractivity contribution in [2.45, 2.75) is 34.1 Å². The smallest absolute Gasteiger partial charge is 0.224 e. The third-order valence-electron chi connectivity index (χ3n) is 4.31. The molecule has 2 rings (SSSR count). The van der Waals surface area contributed by atoms with Crippen LogP contribution in [-0.4, -0.2) is 12.5 Å². The predicted molar refractivity (Wildman–Crippen MR) is 88.4 cm³/mol. The number of rotatable bonds is 5. The van der Waals surface area contributed by atoms with E-state index in [1.165, 1.54) is 5.57 Å². The molecule has 2 atom stereocenters. The Bertz CT molecular complexity index is 558. The molecule has 0 aliphatic heterocycles.